The highest BCUT2D eigenvalue weighted by molar-refractivity contribution is 9.10. The number of allylic oxidation sites excluding steroid dienone is 1. The summed E-state index contributed by atoms with van der Waals surface area (Å²) in [6.45, 7) is 3.13. The molecule has 190 valence electrons. The van der Waals surface area contributed by atoms with E-state index in [0.29, 0.717) is 16.8 Å². The molecule has 0 spiro atoms. The van der Waals surface area contributed by atoms with E-state index in [2.05, 4.69) is 37.1 Å². The van der Waals surface area contributed by atoms with Gasteiger partial charge in [-0.15, -0.1) is 0 Å². The quantitative estimate of drug-likeness (QED) is 0.209. The molecule has 11 nitrogen and oxygen atoms in total. The zero-order valence-corrected chi connectivity index (χ0v) is 21.3. The number of aromatic hydroxyl groups is 1. The Bertz CT molecular complexity index is 1230. The lowest BCUT2D eigenvalue weighted by molar-refractivity contribution is -0.139. The normalized spacial score (nSPS) is 15.2. The molecule has 0 saturated carbocycles. The molecule has 0 aromatic heterocycles. The van der Waals surface area contributed by atoms with Crippen LogP contribution in [0.5, 0.6) is 17.2 Å². The first-order valence-electron chi connectivity index (χ1n) is 10.8. The number of amides is 3. The van der Waals surface area contributed by atoms with Crippen LogP contribution >= 0.6 is 15.9 Å². The minimum absolute atomic E-state index is 0.0124. The van der Waals surface area contributed by atoms with Gasteiger partial charge in [-0.3, -0.25) is 4.79 Å². The van der Waals surface area contributed by atoms with Crippen LogP contribution in [0.1, 0.15) is 31.0 Å². The Morgan fingerprint density at radius 3 is 2.72 bits per heavy atom. The van der Waals surface area contributed by atoms with Gasteiger partial charge in [-0.2, -0.15) is 5.10 Å². The van der Waals surface area contributed by atoms with Crippen molar-refractivity contribution in [1.29, 1.82) is 0 Å². The zero-order valence-electron chi connectivity index (χ0n) is 19.8. The maximum absolute atomic E-state index is 12.5. The number of methoxy groups -OCH3 is 1. The minimum atomic E-state index is -0.771. The van der Waals surface area contributed by atoms with Crippen molar-refractivity contribution in [3.05, 3.63) is 63.3 Å². The first kappa shape index (κ1) is 26.5. The summed E-state index contributed by atoms with van der Waals surface area (Å²) < 4.78 is 16.8. The highest BCUT2D eigenvalue weighted by Crippen LogP contribution is 2.34. The summed E-state index contributed by atoms with van der Waals surface area (Å²) in [7, 11) is 1.43. The van der Waals surface area contributed by atoms with Crippen molar-refractivity contribution in [3.63, 3.8) is 0 Å². The van der Waals surface area contributed by atoms with Crippen molar-refractivity contribution in [1.82, 2.24) is 16.1 Å². The molecule has 36 heavy (non-hydrogen) atoms. The van der Waals surface area contributed by atoms with E-state index in [-0.39, 0.29) is 36.0 Å². The maximum atomic E-state index is 12.5. The van der Waals surface area contributed by atoms with Crippen LogP contribution < -0.4 is 25.5 Å². The summed E-state index contributed by atoms with van der Waals surface area (Å²) in [6, 6.07) is 8.39. The molecule has 0 bridgehead atoms. The van der Waals surface area contributed by atoms with Crippen LogP contribution in [-0.4, -0.2) is 49.6 Å². The van der Waals surface area contributed by atoms with Gasteiger partial charge in [0, 0.05) is 15.7 Å². The molecule has 1 heterocycles. The van der Waals surface area contributed by atoms with Gasteiger partial charge in [0.2, 0.25) is 0 Å². The summed E-state index contributed by atoms with van der Waals surface area (Å²) in [5.41, 5.74) is 3.93. The molecule has 1 aliphatic heterocycles. The second kappa shape index (κ2) is 12.1. The molecule has 0 radical (unpaired) electrons. The zero-order chi connectivity index (χ0) is 26.2. The molecule has 2 aromatic rings. The number of carbonyl (C=O) groups is 3. The average molecular weight is 561 g/mol. The SMILES string of the molecule is CCOC(=O)C1=C(C)NC(=O)N[C@H]1c1ccc(OCC(=O)N/N=C\c2cc(Br)ccc2O)c(OC)c1. The fourth-order valence-electron chi connectivity index (χ4n) is 3.38. The summed E-state index contributed by atoms with van der Waals surface area (Å²) >= 11 is 3.29. The summed E-state index contributed by atoms with van der Waals surface area (Å²) in [5, 5.41) is 18.9. The number of hydrogen-bond donors (Lipinski definition) is 4. The van der Waals surface area contributed by atoms with E-state index in [4.69, 9.17) is 14.2 Å². The Balaban J connectivity index is 1.70. The Morgan fingerprint density at radius 1 is 1.22 bits per heavy atom. The predicted molar refractivity (Wildman–Crippen MR) is 134 cm³/mol. The van der Waals surface area contributed by atoms with Gasteiger partial charge in [0.25, 0.3) is 5.91 Å². The number of benzene rings is 2. The lowest BCUT2D eigenvalue weighted by Gasteiger charge is -2.28. The van der Waals surface area contributed by atoms with Gasteiger partial charge in [-0.1, -0.05) is 22.0 Å². The molecule has 1 aliphatic rings. The van der Waals surface area contributed by atoms with Gasteiger partial charge in [0.1, 0.15) is 5.75 Å². The van der Waals surface area contributed by atoms with Gasteiger partial charge >= 0.3 is 12.0 Å². The number of nitrogens with zero attached hydrogens (tertiary/aromatic N) is 1. The third kappa shape index (κ3) is 6.54. The number of hydrazone groups is 1. The number of esters is 1. The van der Waals surface area contributed by atoms with Crippen molar-refractivity contribution in [3.8, 4) is 17.2 Å². The van der Waals surface area contributed by atoms with Crippen LogP contribution in [0.15, 0.2) is 57.2 Å². The number of carbonyl (C=O) groups excluding carboxylic acids is 3. The molecule has 0 saturated heterocycles. The highest BCUT2D eigenvalue weighted by Gasteiger charge is 2.32. The first-order chi connectivity index (χ1) is 17.2. The molecular weight excluding hydrogens is 536 g/mol. The van der Waals surface area contributed by atoms with Crippen molar-refractivity contribution < 1.29 is 33.7 Å². The fourth-order valence-corrected chi connectivity index (χ4v) is 3.76. The van der Waals surface area contributed by atoms with E-state index in [1.165, 1.54) is 19.4 Å². The Labute approximate surface area is 215 Å². The van der Waals surface area contributed by atoms with Crippen molar-refractivity contribution in [2.24, 2.45) is 5.10 Å². The summed E-state index contributed by atoms with van der Waals surface area (Å²) in [4.78, 5) is 36.7. The van der Waals surface area contributed by atoms with Gasteiger partial charge in [-0.05, 0) is 49.7 Å². The number of phenolic OH excluding ortho intramolecular Hbond substituents is 1. The standard InChI is InChI=1S/C24H25BrN4O7/c1-4-35-23(32)21-13(2)27-24(33)28-22(21)14-5-8-18(19(10-14)34-3)36-12-20(31)29-26-11-15-9-16(25)6-7-17(15)30/h5-11,22,30H,4,12H2,1-3H3,(H,29,31)(H2,27,28,33)/b26-11-/t22-/m0/s1. The lowest BCUT2D eigenvalue weighted by Crippen LogP contribution is -2.45. The number of nitrogens with one attached hydrogen (secondary N) is 3. The molecule has 0 aliphatic carbocycles. The van der Waals surface area contributed by atoms with E-state index >= 15 is 0 Å². The van der Waals surface area contributed by atoms with Crippen LogP contribution in [0.4, 0.5) is 4.79 Å². The van der Waals surface area contributed by atoms with Crippen LogP contribution in [0.3, 0.4) is 0 Å². The van der Waals surface area contributed by atoms with E-state index in [0.717, 1.165) is 4.47 Å². The highest BCUT2D eigenvalue weighted by atomic mass is 79.9. The second-order valence-electron chi connectivity index (χ2n) is 7.49. The molecular formula is C24H25BrN4O7. The third-order valence-electron chi connectivity index (χ3n) is 5.03. The van der Waals surface area contributed by atoms with Crippen molar-refractivity contribution >= 4 is 40.1 Å². The van der Waals surface area contributed by atoms with E-state index in [9.17, 15) is 19.5 Å². The molecule has 3 rings (SSSR count). The molecule has 0 unspecified atom stereocenters. The van der Waals surface area contributed by atoms with Gasteiger partial charge in [0.05, 0.1) is 31.5 Å². The monoisotopic (exact) mass is 560 g/mol. The van der Waals surface area contributed by atoms with Crippen molar-refractivity contribution in [2.75, 3.05) is 20.3 Å². The molecule has 2 aromatic carbocycles. The second-order valence-corrected chi connectivity index (χ2v) is 8.40. The van der Waals surface area contributed by atoms with Crippen LogP contribution in [-0.2, 0) is 14.3 Å². The van der Waals surface area contributed by atoms with Gasteiger partial charge in [0.15, 0.2) is 18.1 Å². The third-order valence-corrected chi connectivity index (χ3v) is 5.52. The van der Waals surface area contributed by atoms with Crippen LogP contribution in [0.2, 0.25) is 0 Å². The number of hydrogen-bond acceptors (Lipinski definition) is 8. The molecule has 1 atom stereocenters. The number of phenols is 1. The smallest absolute Gasteiger partial charge is 0.338 e. The molecule has 3 amide bonds. The first-order valence-corrected chi connectivity index (χ1v) is 11.6. The van der Waals surface area contributed by atoms with E-state index in [1.54, 1.807) is 44.2 Å². The fraction of sp³-hybridized carbons (Fsp3) is 0.250. The lowest BCUT2D eigenvalue weighted by atomic mass is 9.95. The van der Waals surface area contributed by atoms with Gasteiger partial charge in [-0.25, -0.2) is 15.0 Å². The Morgan fingerprint density at radius 2 is 2.00 bits per heavy atom. The largest absolute Gasteiger partial charge is 0.507 e. The van der Waals surface area contributed by atoms with Crippen molar-refractivity contribution in [2.45, 2.75) is 19.9 Å². The van der Waals surface area contributed by atoms with Crippen LogP contribution in [0, 0.1) is 0 Å². The van der Waals surface area contributed by atoms with Crippen LogP contribution in [0.25, 0.3) is 0 Å². The van der Waals surface area contributed by atoms with E-state index in [1.807, 2.05) is 0 Å². The molecule has 4 N–H and O–H groups in total. The number of halogens is 1. The number of rotatable bonds is 9. The Kier molecular flexibility index (Phi) is 8.90. The Hall–Kier alpha value is -4.06. The number of ether oxygens (including phenoxy) is 3. The number of urea groups is 1. The minimum Gasteiger partial charge on any atom is -0.507 e. The van der Waals surface area contributed by atoms with Gasteiger partial charge < -0.3 is 30.0 Å². The molecule has 0 fully saturated rings. The predicted octanol–water partition coefficient (Wildman–Crippen LogP) is 2.88. The summed E-state index contributed by atoms with van der Waals surface area (Å²) in [5.74, 6) is -0.528. The topological polar surface area (TPSA) is 148 Å². The maximum Gasteiger partial charge on any atom is 0.338 e. The summed E-state index contributed by atoms with van der Waals surface area (Å²) in [6.07, 6.45) is 1.30. The van der Waals surface area contributed by atoms with E-state index < -0.39 is 23.9 Å². The average Bonchev–Trinajstić information content (AvgIpc) is 2.84. The molecule has 12 heteroatoms.